The number of aromatic hydroxyl groups is 1. The standard InChI is InChI=1S/C35H59N9O7/c1-7-39-32(49)28-11-9-17-44(28)33(50)25(10-8-16-40-34(37)38)41-30(47)26(18-21(2)3)42-31(48)27(20-51-35(4,5)6)43-29(46)24(36)19-22-12-14-23(45)15-13-22/h12-15,21,24-28,45H,7-11,16-20,36H2,1-6H3,(H,39,49)(H,41,47)(H,42,48)(H,43,46)(H4,37,38,40)/t24-,25-,26-,27+,28-/m0/s1. The summed E-state index contributed by atoms with van der Waals surface area (Å²) in [6.45, 7) is 11.8. The summed E-state index contributed by atoms with van der Waals surface area (Å²) in [6, 6.07) is 1.28. The summed E-state index contributed by atoms with van der Waals surface area (Å²) in [7, 11) is 0. The number of aliphatic imine (C=N–C) groups is 1. The smallest absolute Gasteiger partial charge is 0.245 e. The average molecular weight is 718 g/mol. The largest absolute Gasteiger partial charge is 0.508 e. The van der Waals surface area contributed by atoms with E-state index in [9.17, 15) is 29.1 Å². The van der Waals surface area contributed by atoms with Gasteiger partial charge in [0.25, 0.3) is 0 Å². The fraction of sp³-hybridized carbons (Fsp3) is 0.657. The number of carbonyl (C=O) groups excluding carboxylic acids is 5. The second-order valence-corrected chi connectivity index (χ2v) is 14.2. The zero-order valence-corrected chi connectivity index (χ0v) is 30.9. The molecule has 16 nitrogen and oxygen atoms in total. The first-order valence-corrected chi connectivity index (χ1v) is 17.6. The van der Waals surface area contributed by atoms with Gasteiger partial charge in [-0.15, -0.1) is 0 Å². The van der Waals surface area contributed by atoms with Gasteiger partial charge >= 0.3 is 0 Å². The van der Waals surface area contributed by atoms with E-state index in [2.05, 4.69) is 26.3 Å². The van der Waals surface area contributed by atoms with Crippen molar-refractivity contribution in [2.24, 2.45) is 28.1 Å². The molecule has 1 fully saturated rings. The molecule has 0 aromatic heterocycles. The molecule has 51 heavy (non-hydrogen) atoms. The fourth-order valence-electron chi connectivity index (χ4n) is 5.58. The molecule has 0 bridgehead atoms. The van der Waals surface area contributed by atoms with Crippen molar-refractivity contribution >= 4 is 35.5 Å². The maximum atomic E-state index is 13.9. The third-order valence-corrected chi connectivity index (χ3v) is 8.13. The molecule has 1 aliphatic rings. The summed E-state index contributed by atoms with van der Waals surface area (Å²) in [5.41, 5.74) is 17.2. The Morgan fingerprint density at radius 2 is 1.59 bits per heavy atom. The lowest BCUT2D eigenvalue weighted by atomic mass is 10.0. The van der Waals surface area contributed by atoms with Crippen LogP contribution >= 0.6 is 0 Å². The lowest BCUT2D eigenvalue weighted by Crippen LogP contribution is -2.60. The van der Waals surface area contributed by atoms with Crippen LogP contribution in [0.5, 0.6) is 5.75 Å². The lowest BCUT2D eigenvalue weighted by Gasteiger charge is -2.31. The Morgan fingerprint density at radius 3 is 2.18 bits per heavy atom. The molecule has 1 heterocycles. The van der Waals surface area contributed by atoms with E-state index in [1.165, 1.54) is 17.0 Å². The van der Waals surface area contributed by atoms with Crippen LogP contribution in [0.1, 0.15) is 79.2 Å². The number of rotatable bonds is 19. The number of amides is 5. The SMILES string of the molecule is CCNC(=O)[C@@H]1CCCN1C(=O)[C@H](CCCN=C(N)N)NC(=O)[C@H](CC(C)C)NC(=O)[C@@H](COC(C)(C)C)NC(=O)[C@@H](N)Cc1ccc(O)cc1. The topological polar surface area (TPSA) is 257 Å². The third-order valence-electron chi connectivity index (χ3n) is 8.13. The number of benzene rings is 1. The first kappa shape index (κ1) is 42.7. The summed E-state index contributed by atoms with van der Waals surface area (Å²) in [4.78, 5) is 73.0. The predicted octanol–water partition coefficient (Wildman–Crippen LogP) is -0.242. The van der Waals surface area contributed by atoms with Crippen LogP contribution in [0.2, 0.25) is 0 Å². The van der Waals surface area contributed by atoms with Crippen molar-refractivity contribution in [2.75, 3.05) is 26.2 Å². The first-order valence-electron chi connectivity index (χ1n) is 17.6. The summed E-state index contributed by atoms with van der Waals surface area (Å²) >= 11 is 0. The third kappa shape index (κ3) is 15.1. The average Bonchev–Trinajstić information content (AvgIpc) is 3.54. The zero-order chi connectivity index (χ0) is 38.3. The Morgan fingerprint density at radius 1 is 0.980 bits per heavy atom. The number of likely N-dealkylation sites (N-methyl/N-ethyl adjacent to an activating group) is 1. The molecular weight excluding hydrogens is 658 g/mol. The van der Waals surface area contributed by atoms with E-state index in [4.69, 9.17) is 21.9 Å². The van der Waals surface area contributed by atoms with Crippen molar-refractivity contribution in [1.29, 1.82) is 0 Å². The number of likely N-dealkylation sites (tertiary alicyclic amines) is 1. The first-order chi connectivity index (χ1) is 23.9. The number of guanidine groups is 1. The Labute approximate surface area is 301 Å². The highest BCUT2D eigenvalue weighted by atomic mass is 16.5. The molecule has 2 rings (SSSR count). The minimum atomic E-state index is -1.20. The van der Waals surface area contributed by atoms with Gasteiger partial charge in [-0.1, -0.05) is 26.0 Å². The normalized spacial score (nSPS) is 16.8. The molecule has 16 heteroatoms. The number of phenols is 1. The molecule has 0 unspecified atom stereocenters. The van der Waals surface area contributed by atoms with Gasteiger partial charge in [0.2, 0.25) is 29.5 Å². The molecule has 286 valence electrons. The number of nitrogens with one attached hydrogen (secondary N) is 4. The van der Waals surface area contributed by atoms with Crippen LogP contribution in [0.15, 0.2) is 29.3 Å². The van der Waals surface area contributed by atoms with E-state index in [1.807, 2.05) is 13.8 Å². The predicted molar refractivity (Wildman–Crippen MR) is 194 cm³/mol. The molecule has 1 aromatic rings. The molecular formula is C35H59N9O7. The van der Waals surface area contributed by atoms with Crippen LogP contribution in [0.25, 0.3) is 0 Å². The molecule has 5 amide bonds. The van der Waals surface area contributed by atoms with E-state index in [0.29, 0.717) is 37.9 Å². The molecule has 1 aromatic carbocycles. The Bertz CT molecular complexity index is 1340. The summed E-state index contributed by atoms with van der Waals surface area (Å²) in [6.07, 6.45) is 2.04. The van der Waals surface area contributed by atoms with E-state index in [0.717, 1.165) is 0 Å². The van der Waals surface area contributed by atoms with Crippen molar-refractivity contribution in [3.05, 3.63) is 29.8 Å². The van der Waals surface area contributed by atoms with Crippen LogP contribution in [0, 0.1) is 5.92 Å². The molecule has 11 N–H and O–H groups in total. The molecule has 0 radical (unpaired) electrons. The quantitative estimate of drug-likeness (QED) is 0.0529. The monoisotopic (exact) mass is 717 g/mol. The van der Waals surface area contributed by atoms with Gasteiger partial charge in [-0.2, -0.15) is 0 Å². The molecule has 0 saturated carbocycles. The van der Waals surface area contributed by atoms with Gasteiger partial charge in [0.05, 0.1) is 18.2 Å². The van der Waals surface area contributed by atoms with Crippen LogP contribution < -0.4 is 38.5 Å². The van der Waals surface area contributed by atoms with Crippen LogP contribution in [-0.4, -0.2) is 108 Å². The zero-order valence-electron chi connectivity index (χ0n) is 30.9. The van der Waals surface area contributed by atoms with Crippen molar-refractivity contribution in [3.63, 3.8) is 0 Å². The van der Waals surface area contributed by atoms with Crippen molar-refractivity contribution in [1.82, 2.24) is 26.2 Å². The molecule has 0 aliphatic carbocycles. The van der Waals surface area contributed by atoms with Gasteiger partial charge in [-0.05, 0) is 89.8 Å². The number of ether oxygens (including phenoxy) is 1. The van der Waals surface area contributed by atoms with Crippen molar-refractivity contribution in [3.8, 4) is 5.75 Å². The van der Waals surface area contributed by atoms with Crippen LogP contribution in [-0.2, 0) is 35.1 Å². The lowest BCUT2D eigenvalue weighted by molar-refractivity contribution is -0.142. The number of phenolic OH excluding ortho intramolecular Hbond substituents is 1. The maximum absolute atomic E-state index is 13.9. The molecule has 1 saturated heterocycles. The number of nitrogens with zero attached hydrogens (tertiary/aromatic N) is 2. The maximum Gasteiger partial charge on any atom is 0.245 e. The van der Waals surface area contributed by atoms with Crippen LogP contribution in [0.3, 0.4) is 0 Å². The Kier molecular flexibility index (Phi) is 17.1. The van der Waals surface area contributed by atoms with Gasteiger partial charge in [0, 0.05) is 19.6 Å². The highest BCUT2D eigenvalue weighted by molar-refractivity contribution is 5.96. The minimum Gasteiger partial charge on any atom is -0.508 e. The van der Waals surface area contributed by atoms with Gasteiger partial charge in [-0.3, -0.25) is 29.0 Å². The minimum absolute atomic E-state index is 0.0460. The summed E-state index contributed by atoms with van der Waals surface area (Å²) < 4.78 is 5.86. The highest BCUT2D eigenvalue weighted by Crippen LogP contribution is 2.20. The van der Waals surface area contributed by atoms with E-state index in [-0.39, 0.29) is 55.9 Å². The fourth-order valence-corrected chi connectivity index (χ4v) is 5.58. The Balaban J connectivity index is 2.28. The van der Waals surface area contributed by atoms with Gasteiger partial charge in [-0.25, -0.2) is 0 Å². The molecule has 5 atom stereocenters. The second-order valence-electron chi connectivity index (χ2n) is 14.2. The second kappa shape index (κ2) is 20.4. The van der Waals surface area contributed by atoms with Gasteiger partial charge in [0.15, 0.2) is 5.96 Å². The van der Waals surface area contributed by atoms with Crippen molar-refractivity contribution < 1.29 is 33.8 Å². The van der Waals surface area contributed by atoms with E-state index < -0.39 is 59.4 Å². The van der Waals surface area contributed by atoms with E-state index in [1.54, 1.807) is 39.8 Å². The Hall–Kier alpha value is -4.44. The number of carbonyl (C=O) groups is 5. The summed E-state index contributed by atoms with van der Waals surface area (Å²) in [5, 5.41) is 20.6. The molecule has 0 spiro atoms. The number of nitrogens with two attached hydrogens (primary N) is 3. The number of hydrogen-bond donors (Lipinski definition) is 8. The van der Waals surface area contributed by atoms with Crippen molar-refractivity contribution in [2.45, 2.75) is 116 Å². The summed E-state index contributed by atoms with van der Waals surface area (Å²) in [5.74, 6) is -2.62. The van der Waals surface area contributed by atoms with Gasteiger partial charge < -0.3 is 53.2 Å². The van der Waals surface area contributed by atoms with Gasteiger partial charge in [0.1, 0.15) is 29.9 Å². The molecule has 1 aliphatic heterocycles. The van der Waals surface area contributed by atoms with Crippen LogP contribution in [0.4, 0.5) is 0 Å². The van der Waals surface area contributed by atoms with E-state index >= 15 is 0 Å². The number of hydrogen-bond acceptors (Lipinski definition) is 9. The highest BCUT2D eigenvalue weighted by Gasteiger charge is 2.38.